The van der Waals surface area contributed by atoms with Gasteiger partial charge in [0.15, 0.2) is 0 Å². The molecule has 2 aliphatic rings. The van der Waals surface area contributed by atoms with Crippen molar-refractivity contribution in [3.05, 3.63) is 66.2 Å². The molecule has 0 spiro atoms. The first-order valence-corrected chi connectivity index (χ1v) is 8.38. The Bertz CT molecular complexity index is 648. The van der Waals surface area contributed by atoms with Crippen LogP contribution in [-0.2, 0) is 0 Å². The topological polar surface area (TPSA) is 15.6 Å². The zero-order chi connectivity index (χ0) is 14.8. The number of hydrazone groups is 1. The van der Waals surface area contributed by atoms with Gasteiger partial charge in [-0.1, -0.05) is 55.0 Å². The van der Waals surface area contributed by atoms with E-state index in [1.54, 1.807) is 0 Å². The second kappa shape index (κ2) is 5.96. The fraction of sp³-hybridized carbons (Fsp3) is 0.350. The molecule has 1 heterocycles. The van der Waals surface area contributed by atoms with Crippen molar-refractivity contribution in [1.82, 2.24) is 0 Å². The molecule has 2 aromatic carbocycles. The zero-order valence-corrected chi connectivity index (χ0v) is 12.9. The molecule has 1 fully saturated rings. The van der Waals surface area contributed by atoms with Gasteiger partial charge in [-0.25, -0.2) is 0 Å². The molecular weight excluding hydrogens is 268 g/mol. The van der Waals surface area contributed by atoms with Gasteiger partial charge in [0.05, 0.1) is 11.7 Å². The number of hydrogen-bond donors (Lipinski definition) is 0. The molecule has 2 atom stereocenters. The van der Waals surface area contributed by atoms with Crippen LogP contribution in [0.25, 0.3) is 0 Å². The Morgan fingerprint density at radius 2 is 1.59 bits per heavy atom. The van der Waals surface area contributed by atoms with Crippen molar-refractivity contribution in [2.24, 2.45) is 11.0 Å². The van der Waals surface area contributed by atoms with E-state index in [-0.39, 0.29) is 0 Å². The highest BCUT2D eigenvalue weighted by Gasteiger charge is 2.33. The van der Waals surface area contributed by atoms with Gasteiger partial charge in [-0.2, -0.15) is 5.10 Å². The highest BCUT2D eigenvalue weighted by atomic mass is 15.5. The summed E-state index contributed by atoms with van der Waals surface area (Å²) >= 11 is 0. The molecule has 1 aliphatic heterocycles. The minimum absolute atomic E-state index is 0.357. The largest absolute Gasteiger partial charge is 0.258 e. The van der Waals surface area contributed by atoms with Crippen LogP contribution in [0.4, 0.5) is 5.69 Å². The molecule has 0 aromatic heterocycles. The highest BCUT2D eigenvalue weighted by molar-refractivity contribution is 5.89. The van der Waals surface area contributed by atoms with Crippen molar-refractivity contribution in [1.29, 1.82) is 0 Å². The highest BCUT2D eigenvalue weighted by Crippen LogP contribution is 2.40. The van der Waals surface area contributed by atoms with Gasteiger partial charge in [-0.3, -0.25) is 5.01 Å². The first-order chi connectivity index (χ1) is 10.9. The number of rotatable bonds is 2. The summed E-state index contributed by atoms with van der Waals surface area (Å²) in [7, 11) is 0. The predicted octanol–water partition coefficient (Wildman–Crippen LogP) is 5.18. The summed E-state index contributed by atoms with van der Waals surface area (Å²) in [6, 6.07) is 21.8. The van der Waals surface area contributed by atoms with E-state index in [0.717, 1.165) is 0 Å². The zero-order valence-electron chi connectivity index (χ0n) is 12.9. The van der Waals surface area contributed by atoms with E-state index in [9.17, 15) is 0 Å². The maximum Gasteiger partial charge on any atom is 0.0781 e. The second-order valence-corrected chi connectivity index (χ2v) is 6.38. The van der Waals surface area contributed by atoms with Crippen molar-refractivity contribution in [3.8, 4) is 0 Å². The molecule has 2 aromatic rings. The molecule has 2 nitrogen and oxygen atoms in total. The van der Waals surface area contributed by atoms with Crippen molar-refractivity contribution < 1.29 is 0 Å². The monoisotopic (exact) mass is 290 g/mol. The van der Waals surface area contributed by atoms with Gasteiger partial charge in [0.1, 0.15) is 0 Å². The normalized spacial score (nSPS) is 24.5. The Labute approximate surface area is 132 Å². The van der Waals surface area contributed by atoms with Gasteiger partial charge in [0.2, 0.25) is 0 Å². The Kier molecular flexibility index (Phi) is 3.67. The Morgan fingerprint density at radius 1 is 0.864 bits per heavy atom. The molecule has 0 saturated heterocycles. The third kappa shape index (κ3) is 2.54. The number of hydrogen-bond acceptors (Lipinski definition) is 2. The number of nitrogens with zero attached hydrogens (tertiary/aromatic N) is 2. The molecule has 0 radical (unpaired) electrons. The van der Waals surface area contributed by atoms with Crippen LogP contribution in [0.15, 0.2) is 65.8 Å². The summed E-state index contributed by atoms with van der Waals surface area (Å²) < 4.78 is 0. The van der Waals surface area contributed by atoms with Gasteiger partial charge in [-0.05, 0) is 43.4 Å². The lowest BCUT2D eigenvalue weighted by Crippen LogP contribution is -2.36. The average Bonchev–Trinajstić information content (AvgIpc) is 2.62. The molecule has 2 heteroatoms. The smallest absolute Gasteiger partial charge is 0.0781 e. The molecule has 1 saturated carbocycles. The molecule has 0 N–H and O–H groups in total. The third-order valence-electron chi connectivity index (χ3n) is 4.95. The third-order valence-corrected chi connectivity index (χ3v) is 4.95. The first-order valence-electron chi connectivity index (χ1n) is 8.38. The first kappa shape index (κ1) is 13.6. The Hall–Kier alpha value is -2.09. The SMILES string of the molecule is c1ccc(C2CC3CCCCC3=NN2c2ccccc2)cc1. The van der Waals surface area contributed by atoms with E-state index in [2.05, 4.69) is 65.7 Å². The fourth-order valence-corrected chi connectivity index (χ4v) is 3.80. The van der Waals surface area contributed by atoms with Crippen LogP contribution in [0.1, 0.15) is 43.7 Å². The molecule has 112 valence electrons. The van der Waals surface area contributed by atoms with Crippen LogP contribution in [0.3, 0.4) is 0 Å². The van der Waals surface area contributed by atoms with E-state index >= 15 is 0 Å². The maximum atomic E-state index is 5.08. The van der Waals surface area contributed by atoms with Gasteiger partial charge in [0.25, 0.3) is 0 Å². The van der Waals surface area contributed by atoms with E-state index in [1.807, 2.05) is 0 Å². The van der Waals surface area contributed by atoms with E-state index in [4.69, 9.17) is 5.10 Å². The molecule has 2 unspecified atom stereocenters. The van der Waals surface area contributed by atoms with Crippen LogP contribution in [-0.4, -0.2) is 5.71 Å². The minimum Gasteiger partial charge on any atom is -0.258 e. The Morgan fingerprint density at radius 3 is 2.36 bits per heavy atom. The molecule has 4 rings (SSSR count). The van der Waals surface area contributed by atoms with Crippen molar-refractivity contribution in [3.63, 3.8) is 0 Å². The molecule has 1 aliphatic carbocycles. The van der Waals surface area contributed by atoms with Gasteiger partial charge >= 0.3 is 0 Å². The summed E-state index contributed by atoms with van der Waals surface area (Å²) in [4.78, 5) is 0. The van der Waals surface area contributed by atoms with E-state index in [1.165, 1.54) is 49.1 Å². The quantitative estimate of drug-likeness (QED) is 0.743. The molecule has 0 amide bonds. The summed E-state index contributed by atoms with van der Waals surface area (Å²) in [6.07, 6.45) is 6.34. The van der Waals surface area contributed by atoms with Gasteiger partial charge < -0.3 is 0 Å². The lowest BCUT2D eigenvalue weighted by Gasteiger charge is -2.40. The minimum atomic E-state index is 0.357. The van der Waals surface area contributed by atoms with Gasteiger partial charge in [0, 0.05) is 11.6 Å². The number of benzene rings is 2. The maximum absolute atomic E-state index is 5.08. The second-order valence-electron chi connectivity index (χ2n) is 6.38. The van der Waals surface area contributed by atoms with Crippen LogP contribution in [0.5, 0.6) is 0 Å². The van der Waals surface area contributed by atoms with E-state index in [0.29, 0.717) is 12.0 Å². The Balaban J connectivity index is 1.76. The van der Waals surface area contributed by atoms with Crippen LogP contribution in [0, 0.1) is 5.92 Å². The van der Waals surface area contributed by atoms with Crippen LogP contribution in [0.2, 0.25) is 0 Å². The average molecular weight is 290 g/mol. The van der Waals surface area contributed by atoms with Crippen LogP contribution < -0.4 is 5.01 Å². The fourth-order valence-electron chi connectivity index (χ4n) is 3.80. The summed E-state index contributed by atoms with van der Waals surface area (Å²) in [6.45, 7) is 0. The van der Waals surface area contributed by atoms with Crippen LogP contribution >= 0.6 is 0 Å². The van der Waals surface area contributed by atoms with Gasteiger partial charge in [-0.15, -0.1) is 0 Å². The predicted molar refractivity (Wildman–Crippen MR) is 92.1 cm³/mol. The lowest BCUT2D eigenvalue weighted by molar-refractivity contribution is 0.416. The summed E-state index contributed by atoms with van der Waals surface area (Å²) in [5, 5.41) is 7.34. The summed E-state index contributed by atoms with van der Waals surface area (Å²) in [5.74, 6) is 0.680. The van der Waals surface area contributed by atoms with E-state index < -0.39 is 0 Å². The number of para-hydroxylation sites is 1. The summed E-state index contributed by atoms with van der Waals surface area (Å²) in [5.41, 5.74) is 4.00. The molecule has 0 bridgehead atoms. The van der Waals surface area contributed by atoms with Crippen molar-refractivity contribution >= 4 is 11.4 Å². The van der Waals surface area contributed by atoms with Crippen molar-refractivity contribution in [2.45, 2.75) is 38.1 Å². The molecular formula is C20H22N2. The standard InChI is InChI=1S/C20H22N2/c1-3-9-16(10-4-1)20-15-17-11-7-8-14-19(17)21-22(20)18-12-5-2-6-13-18/h1-6,9-10,12-13,17,20H,7-8,11,14-15H2. The van der Waals surface area contributed by atoms with Crippen molar-refractivity contribution in [2.75, 3.05) is 5.01 Å². The molecule has 22 heavy (non-hydrogen) atoms. The lowest BCUT2D eigenvalue weighted by atomic mass is 9.80. The number of fused-ring (bicyclic) bond motifs is 1. The number of anilines is 1.